The molecule has 0 bridgehead atoms. The van der Waals surface area contributed by atoms with Gasteiger partial charge in [-0.3, -0.25) is 4.31 Å². The van der Waals surface area contributed by atoms with Crippen molar-refractivity contribution in [3.05, 3.63) is 48.3 Å². The molecule has 0 amide bonds. The van der Waals surface area contributed by atoms with E-state index < -0.39 is 15.8 Å². The van der Waals surface area contributed by atoms with Gasteiger partial charge in [0.15, 0.2) is 11.5 Å². The van der Waals surface area contributed by atoms with Crippen LogP contribution in [0.25, 0.3) is 0 Å². The molecule has 0 N–H and O–H groups in total. The zero-order valence-electron chi connectivity index (χ0n) is 13.1. The van der Waals surface area contributed by atoms with Crippen LogP contribution in [-0.4, -0.2) is 29.2 Å². The molecule has 2 aromatic carbocycles. The summed E-state index contributed by atoms with van der Waals surface area (Å²) in [6, 6.07) is 10.0. The van der Waals surface area contributed by atoms with E-state index in [0.29, 0.717) is 5.75 Å². The highest BCUT2D eigenvalue weighted by Gasteiger charge is 2.26. The first kappa shape index (κ1) is 17.1. The van der Waals surface area contributed by atoms with Gasteiger partial charge in [-0.05, 0) is 31.2 Å². The predicted molar refractivity (Wildman–Crippen MR) is 86.2 cm³/mol. The fourth-order valence-corrected chi connectivity index (χ4v) is 3.73. The second kappa shape index (κ2) is 6.87. The second-order valence-corrected chi connectivity index (χ2v) is 6.50. The van der Waals surface area contributed by atoms with Gasteiger partial charge in [0, 0.05) is 12.6 Å². The Bertz CT molecular complexity index is 792. The van der Waals surface area contributed by atoms with Crippen molar-refractivity contribution in [2.45, 2.75) is 11.8 Å². The average molecular weight is 339 g/mol. The van der Waals surface area contributed by atoms with Gasteiger partial charge in [-0.2, -0.15) is 0 Å². The number of sulfonamides is 1. The molecule has 0 aliphatic carbocycles. The molecular weight excluding hydrogens is 321 g/mol. The molecule has 0 aliphatic heterocycles. The van der Waals surface area contributed by atoms with Gasteiger partial charge in [-0.1, -0.05) is 12.1 Å². The van der Waals surface area contributed by atoms with Crippen LogP contribution in [0, 0.1) is 5.82 Å². The van der Waals surface area contributed by atoms with Crippen molar-refractivity contribution in [3.63, 3.8) is 0 Å². The van der Waals surface area contributed by atoms with E-state index >= 15 is 0 Å². The fourth-order valence-electron chi connectivity index (χ4n) is 2.23. The fraction of sp³-hybridized carbons (Fsp3) is 0.250. The van der Waals surface area contributed by atoms with E-state index in [4.69, 9.17) is 9.47 Å². The number of hydrogen-bond acceptors (Lipinski definition) is 4. The Morgan fingerprint density at radius 1 is 1.04 bits per heavy atom. The molecule has 0 saturated carbocycles. The molecule has 7 heteroatoms. The summed E-state index contributed by atoms with van der Waals surface area (Å²) < 4.78 is 50.9. The van der Waals surface area contributed by atoms with E-state index in [0.717, 1.165) is 4.31 Å². The Balaban J connectivity index is 2.54. The molecule has 0 spiro atoms. The Morgan fingerprint density at radius 2 is 1.70 bits per heavy atom. The summed E-state index contributed by atoms with van der Waals surface area (Å²) in [6.07, 6.45) is 0. The van der Waals surface area contributed by atoms with Crippen molar-refractivity contribution >= 4 is 15.7 Å². The van der Waals surface area contributed by atoms with Crippen LogP contribution in [0.1, 0.15) is 6.92 Å². The van der Waals surface area contributed by atoms with Crippen LogP contribution in [0.3, 0.4) is 0 Å². The summed E-state index contributed by atoms with van der Waals surface area (Å²) in [7, 11) is -1.05. The Labute approximate surface area is 135 Å². The summed E-state index contributed by atoms with van der Waals surface area (Å²) in [6.45, 7) is 1.74. The molecule has 2 rings (SSSR count). The predicted octanol–water partition coefficient (Wildman–Crippen LogP) is 3.06. The van der Waals surface area contributed by atoms with Gasteiger partial charge < -0.3 is 9.47 Å². The number of benzene rings is 2. The molecule has 0 aromatic heterocycles. The van der Waals surface area contributed by atoms with Crippen molar-refractivity contribution in [1.82, 2.24) is 0 Å². The zero-order valence-corrected chi connectivity index (χ0v) is 13.9. The molecule has 0 unspecified atom stereocenters. The van der Waals surface area contributed by atoms with Crippen molar-refractivity contribution in [3.8, 4) is 11.5 Å². The zero-order chi connectivity index (χ0) is 17.0. The van der Waals surface area contributed by atoms with E-state index in [9.17, 15) is 12.8 Å². The standard InChI is InChI=1S/C16H18FNO4S/c1-4-18(14-8-6-5-7-13(14)17)23(19,20)12-9-10-15(21-2)16(11-12)22-3/h5-11H,4H2,1-3H3. The highest BCUT2D eigenvalue weighted by atomic mass is 32.2. The Morgan fingerprint density at radius 3 is 2.26 bits per heavy atom. The molecule has 0 heterocycles. The van der Waals surface area contributed by atoms with E-state index in [-0.39, 0.29) is 22.9 Å². The van der Waals surface area contributed by atoms with Gasteiger partial charge in [0.05, 0.1) is 24.8 Å². The Hall–Kier alpha value is -2.28. The normalized spacial score (nSPS) is 11.1. The lowest BCUT2D eigenvalue weighted by atomic mass is 10.3. The van der Waals surface area contributed by atoms with Crippen LogP contribution in [-0.2, 0) is 10.0 Å². The van der Waals surface area contributed by atoms with Gasteiger partial charge in [0.2, 0.25) is 0 Å². The van der Waals surface area contributed by atoms with E-state index in [1.165, 1.54) is 50.6 Å². The van der Waals surface area contributed by atoms with E-state index in [1.807, 2.05) is 0 Å². The monoisotopic (exact) mass is 339 g/mol. The maximum atomic E-state index is 14.0. The highest BCUT2D eigenvalue weighted by Crippen LogP contribution is 2.32. The molecule has 23 heavy (non-hydrogen) atoms. The van der Waals surface area contributed by atoms with Crippen LogP contribution < -0.4 is 13.8 Å². The topological polar surface area (TPSA) is 55.8 Å². The third kappa shape index (κ3) is 3.24. The van der Waals surface area contributed by atoms with Gasteiger partial charge in [-0.15, -0.1) is 0 Å². The van der Waals surface area contributed by atoms with Gasteiger partial charge >= 0.3 is 0 Å². The molecule has 0 atom stereocenters. The number of halogens is 1. The molecule has 5 nitrogen and oxygen atoms in total. The molecule has 0 saturated heterocycles. The molecule has 0 radical (unpaired) electrons. The van der Waals surface area contributed by atoms with Crippen LogP contribution in [0.15, 0.2) is 47.4 Å². The number of ether oxygens (including phenoxy) is 2. The number of anilines is 1. The minimum Gasteiger partial charge on any atom is -0.493 e. The third-order valence-electron chi connectivity index (χ3n) is 3.35. The summed E-state index contributed by atoms with van der Waals surface area (Å²) in [5.74, 6) is 0.108. The molecule has 0 fully saturated rings. The van der Waals surface area contributed by atoms with E-state index in [2.05, 4.69) is 0 Å². The van der Waals surface area contributed by atoms with Crippen LogP contribution in [0.2, 0.25) is 0 Å². The van der Waals surface area contributed by atoms with Gasteiger partial charge in [-0.25, -0.2) is 12.8 Å². The number of rotatable bonds is 6. The first-order chi connectivity index (χ1) is 11.0. The SMILES string of the molecule is CCN(c1ccccc1F)S(=O)(=O)c1ccc(OC)c(OC)c1. The maximum Gasteiger partial charge on any atom is 0.264 e. The van der Waals surface area contributed by atoms with Gasteiger partial charge in [0.25, 0.3) is 10.0 Å². The molecule has 0 aliphatic rings. The summed E-state index contributed by atoms with van der Waals surface area (Å²) in [4.78, 5) is 0.000234. The number of para-hydroxylation sites is 1. The first-order valence-corrected chi connectivity index (χ1v) is 8.39. The highest BCUT2D eigenvalue weighted by molar-refractivity contribution is 7.92. The number of hydrogen-bond donors (Lipinski definition) is 0. The quantitative estimate of drug-likeness (QED) is 0.812. The number of methoxy groups -OCH3 is 2. The van der Waals surface area contributed by atoms with Crippen molar-refractivity contribution in [2.75, 3.05) is 25.1 Å². The van der Waals surface area contributed by atoms with Crippen molar-refractivity contribution < 1.29 is 22.3 Å². The molecular formula is C16H18FNO4S. The Kier molecular flexibility index (Phi) is 5.10. The number of nitrogens with zero attached hydrogens (tertiary/aromatic N) is 1. The average Bonchev–Trinajstić information content (AvgIpc) is 2.56. The maximum absolute atomic E-state index is 14.0. The lowest BCUT2D eigenvalue weighted by Crippen LogP contribution is -2.31. The lowest BCUT2D eigenvalue weighted by molar-refractivity contribution is 0.354. The van der Waals surface area contributed by atoms with Crippen molar-refractivity contribution in [1.29, 1.82) is 0 Å². The van der Waals surface area contributed by atoms with Gasteiger partial charge in [0.1, 0.15) is 5.82 Å². The smallest absolute Gasteiger partial charge is 0.264 e. The van der Waals surface area contributed by atoms with E-state index in [1.54, 1.807) is 13.0 Å². The molecule has 2 aromatic rings. The van der Waals surface area contributed by atoms with Crippen LogP contribution in [0.5, 0.6) is 11.5 Å². The molecule has 124 valence electrons. The van der Waals surface area contributed by atoms with Crippen molar-refractivity contribution in [2.24, 2.45) is 0 Å². The minimum atomic E-state index is -3.93. The summed E-state index contributed by atoms with van der Waals surface area (Å²) in [5.41, 5.74) is 0.00443. The second-order valence-electron chi connectivity index (χ2n) is 4.64. The third-order valence-corrected chi connectivity index (χ3v) is 5.24. The first-order valence-electron chi connectivity index (χ1n) is 6.95. The van der Waals surface area contributed by atoms with Crippen LogP contribution >= 0.6 is 0 Å². The van der Waals surface area contributed by atoms with Crippen LogP contribution in [0.4, 0.5) is 10.1 Å². The minimum absolute atomic E-state index is 0.000234. The summed E-state index contributed by atoms with van der Waals surface area (Å²) in [5, 5.41) is 0. The lowest BCUT2D eigenvalue weighted by Gasteiger charge is -2.23. The largest absolute Gasteiger partial charge is 0.493 e. The summed E-state index contributed by atoms with van der Waals surface area (Å²) >= 11 is 0.